The second-order valence-corrected chi connectivity index (χ2v) is 9.09. The number of nitrogens with one attached hydrogen (secondary N) is 2. The molecule has 0 radical (unpaired) electrons. The first-order valence-electron chi connectivity index (χ1n) is 11.6. The number of amides is 1. The van der Waals surface area contributed by atoms with Gasteiger partial charge in [-0.15, -0.1) is 5.53 Å². The van der Waals surface area contributed by atoms with E-state index in [4.69, 9.17) is 0 Å². The van der Waals surface area contributed by atoms with E-state index in [1.807, 2.05) is 52.4 Å². The molecule has 0 bridgehead atoms. The van der Waals surface area contributed by atoms with Crippen molar-refractivity contribution in [3.63, 3.8) is 0 Å². The molecule has 32 heavy (non-hydrogen) atoms. The number of rotatable bonds is 5. The maximum atomic E-state index is 13.7. The number of carbonyl (C=O) groups excluding carboxylic acids is 1. The van der Waals surface area contributed by atoms with Crippen LogP contribution in [-0.2, 0) is 9.59 Å². The summed E-state index contributed by atoms with van der Waals surface area (Å²) in [7, 11) is 0. The first-order chi connectivity index (χ1) is 15.6. The van der Waals surface area contributed by atoms with Crippen LogP contribution in [0.2, 0.25) is 0 Å². The van der Waals surface area contributed by atoms with Gasteiger partial charge in [0.15, 0.2) is 0 Å². The number of para-hydroxylation sites is 2. The van der Waals surface area contributed by atoms with E-state index in [0.29, 0.717) is 19.4 Å². The molecule has 168 valence electrons. The number of anilines is 2. The fourth-order valence-corrected chi connectivity index (χ4v) is 5.80. The van der Waals surface area contributed by atoms with Crippen molar-refractivity contribution in [1.82, 2.24) is 10.4 Å². The molecule has 1 amide bonds. The zero-order valence-corrected chi connectivity index (χ0v) is 18.1. The van der Waals surface area contributed by atoms with Crippen molar-refractivity contribution in [3.05, 3.63) is 60.2 Å². The van der Waals surface area contributed by atoms with E-state index in [1.165, 1.54) is 0 Å². The minimum absolute atomic E-state index is 0.0412. The van der Waals surface area contributed by atoms with Crippen molar-refractivity contribution >= 4 is 23.3 Å². The van der Waals surface area contributed by atoms with Crippen LogP contribution in [-0.4, -0.2) is 34.5 Å². The SMILES string of the molecule is O=C(O)C1CCN(C(=O)CC(c2ccccc2)N2NNc3ccccc32)C2CCCCC12. The van der Waals surface area contributed by atoms with E-state index < -0.39 is 5.97 Å². The number of likely N-dealkylation sites (tertiary alicyclic amines) is 1. The van der Waals surface area contributed by atoms with Crippen LogP contribution in [0.3, 0.4) is 0 Å². The molecule has 7 nitrogen and oxygen atoms in total. The number of carboxylic acids is 1. The van der Waals surface area contributed by atoms with Crippen LogP contribution in [0.25, 0.3) is 0 Å². The van der Waals surface area contributed by atoms with Crippen LogP contribution in [0.4, 0.5) is 11.4 Å². The molecule has 5 rings (SSSR count). The third-order valence-electron chi connectivity index (χ3n) is 7.36. The molecule has 4 atom stereocenters. The third kappa shape index (κ3) is 3.81. The molecule has 0 aromatic heterocycles. The Morgan fingerprint density at radius 3 is 2.56 bits per heavy atom. The van der Waals surface area contributed by atoms with Crippen molar-refractivity contribution in [1.29, 1.82) is 0 Å². The summed E-state index contributed by atoms with van der Waals surface area (Å²) in [5, 5.41) is 11.7. The Labute approximate surface area is 188 Å². The Kier molecular flexibility index (Phi) is 5.74. The number of carboxylic acid groups (broad SMARTS) is 1. The minimum Gasteiger partial charge on any atom is -0.481 e. The Balaban J connectivity index is 1.41. The lowest BCUT2D eigenvalue weighted by molar-refractivity contribution is -0.153. The molecular weight excluding hydrogens is 404 g/mol. The summed E-state index contributed by atoms with van der Waals surface area (Å²) in [4.78, 5) is 27.5. The highest BCUT2D eigenvalue weighted by Gasteiger charge is 2.44. The van der Waals surface area contributed by atoms with Gasteiger partial charge in [-0.1, -0.05) is 55.3 Å². The number of hydrogen-bond acceptors (Lipinski definition) is 5. The zero-order chi connectivity index (χ0) is 22.1. The molecule has 7 heteroatoms. The fraction of sp³-hybridized carbons (Fsp3) is 0.440. The second-order valence-electron chi connectivity index (χ2n) is 9.09. The van der Waals surface area contributed by atoms with Crippen LogP contribution in [0.15, 0.2) is 54.6 Å². The van der Waals surface area contributed by atoms with E-state index in [-0.39, 0.29) is 29.8 Å². The Bertz CT molecular complexity index is 982. The topological polar surface area (TPSA) is 84.9 Å². The number of nitrogens with zero attached hydrogens (tertiary/aromatic N) is 2. The second kappa shape index (κ2) is 8.82. The van der Waals surface area contributed by atoms with E-state index in [0.717, 1.165) is 42.6 Å². The lowest BCUT2D eigenvalue weighted by Crippen LogP contribution is -2.55. The number of hydrazine groups is 2. The van der Waals surface area contributed by atoms with E-state index in [2.05, 4.69) is 23.1 Å². The lowest BCUT2D eigenvalue weighted by Gasteiger charge is -2.47. The standard InChI is InChI=1S/C25H30N4O3/c30-24(28-15-14-19(25(31)32)18-10-4-6-12-21(18)28)16-23(17-8-2-1-3-9-17)29-22-13-7-5-11-20(22)26-27-29/h1-3,5,7-9,11,13,18-19,21,23,26-27H,4,6,10,12,14-16H2,(H,31,32). The van der Waals surface area contributed by atoms with Gasteiger partial charge in [0.25, 0.3) is 0 Å². The third-order valence-corrected chi connectivity index (χ3v) is 7.36. The Morgan fingerprint density at radius 1 is 1.00 bits per heavy atom. The predicted molar refractivity (Wildman–Crippen MR) is 123 cm³/mol. The van der Waals surface area contributed by atoms with Crippen molar-refractivity contribution in [2.45, 2.75) is 50.6 Å². The van der Waals surface area contributed by atoms with Gasteiger partial charge in [-0.2, -0.15) is 0 Å². The van der Waals surface area contributed by atoms with Gasteiger partial charge in [0.05, 0.1) is 29.8 Å². The summed E-state index contributed by atoms with van der Waals surface area (Å²) in [6.45, 7) is 0.529. The smallest absolute Gasteiger partial charge is 0.306 e. The quantitative estimate of drug-likeness (QED) is 0.661. The minimum atomic E-state index is -0.708. The molecule has 1 aliphatic carbocycles. The maximum Gasteiger partial charge on any atom is 0.306 e. The average Bonchev–Trinajstić information content (AvgIpc) is 3.26. The summed E-state index contributed by atoms with van der Waals surface area (Å²) in [5.41, 5.74) is 9.50. The summed E-state index contributed by atoms with van der Waals surface area (Å²) in [5.74, 6) is -0.863. The zero-order valence-electron chi connectivity index (χ0n) is 18.1. The van der Waals surface area contributed by atoms with E-state index in [1.54, 1.807) is 0 Å². The van der Waals surface area contributed by atoms with Gasteiger partial charge in [0.2, 0.25) is 5.91 Å². The highest BCUT2D eigenvalue weighted by molar-refractivity contribution is 5.80. The molecule has 2 aliphatic heterocycles. The van der Waals surface area contributed by atoms with Crippen molar-refractivity contribution < 1.29 is 14.7 Å². The molecule has 3 N–H and O–H groups in total. The fourth-order valence-electron chi connectivity index (χ4n) is 5.80. The van der Waals surface area contributed by atoms with Crippen LogP contribution in [0.5, 0.6) is 0 Å². The first-order valence-corrected chi connectivity index (χ1v) is 11.6. The highest BCUT2D eigenvalue weighted by atomic mass is 16.4. The molecular formula is C25H30N4O3. The number of benzene rings is 2. The van der Waals surface area contributed by atoms with Gasteiger partial charge >= 0.3 is 5.97 Å². The van der Waals surface area contributed by atoms with Crippen LogP contribution < -0.4 is 16.0 Å². The van der Waals surface area contributed by atoms with Crippen LogP contribution in [0.1, 0.15) is 50.1 Å². The highest BCUT2D eigenvalue weighted by Crippen LogP contribution is 2.41. The van der Waals surface area contributed by atoms with E-state index >= 15 is 0 Å². The van der Waals surface area contributed by atoms with E-state index in [9.17, 15) is 14.7 Å². The Hall–Kier alpha value is -3.06. The summed E-state index contributed by atoms with van der Waals surface area (Å²) >= 11 is 0. The molecule has 2 aromatic rings. The molecule has 4 unspecified atom stereocenters. The molecule has 0 spiro atoms. The summed E-state index contributed by atoms with van der Waals surface area (Å²) in [6.07, 6.45) is 4.80. The van der Waals surface area contributed by atoms with Gasteiger partial charge < -0.3 is 15.4 Å². The molecule has 2 fully saturated rings. The number of hydrogen-bond donors (Lipinski definition) is 3. The molecule has 2 aromatic carbocycles. The average molecular weight is 435 g/mol. The number of piperidine rings is 1. The molecule has 1 saturated heterocycles. The molecule has 2 heterocycles. The van der Waals surface area contributed by atoms with Crippen molar-refractivity contribution in [2.75, 3.05) is 17.0 Å². The van der Waals surface area contributed by atoms with Crippen LogP contribution in [0, 0.1) is 11.8 Å². The summed E-state index contributed by atoms with van der Waals surface area (Å²) in [6, 6.07) is 18.0. The summed E-state index contributed by atoms with van der Waals surface area (Å²) < 4.78 is 0. The monoisotopic (exact) mass is 434 g/mol. The molecule has 3 aliphatic rings. The number of aliphatic carboxylic acids is 1. The van der Waals surface area contributed by atoms with Crippen molar-refractivity contribution in [2.24, 2.45) is 11.8 Å². The predicted octanol–water partition coefficient (Wildman–Crippen LogP) is 3.96. The number of fused-ring (bicyclic) bond motifs is 2. The van der Waals surface area contributed by atoms with Crippen molar-refractivity contribution in [3.8, 4) is 0 Å². The largest absolute Gasteiger partial charge is 0.481 e. The van der Waals surface area contributed by atoms with Gasteiger partial charge in [0.1, 0.15) is 0 Å². The van der Waals surface area contributed by atoms with Crippen LogP contribution >= 0.6 is 0 Å². The normalized spacial score (nSPS) is 25.4. The Morgan fingerprint density at radius 2 is 1.75 bits per heavy atom. The lowest BCUT2D eigenvalue weighted by atomic mass is 9.71. The maximum absolute atomic E-state index is 13.7. The van der Waals surface area contributed by atoms with Gasteiger partial charge in [-0.3, -0.25) is 14.6 Å². The molecule has 1 saturated carbocycles. The first kappa shape index (κ1) is 20.8. The van der Waals surface area contributed by atoms with Gasteiger partial charge in [0, 0.05) is 12.6 Å². The van der Waals surface area contributed by atoms with Gasteiger partial charge in [-0.25, -0.2) is 0 Å². The number of carbonyl (C=O) groups is 2. The van der Waals surface area contributed by atoms with Gasteiger partial charge in [-0.05, 0) is 42.9 Å².